The van der Waals surface area contributed by atoms with Gasteiger partial charge in [0.05, 0.1) is 12.0 Å². The molecule has 0 aromatic heterocycles. The molecular formula is C18H25N3O7. The summed E-state index contributed by atoms with van der Waals surface area (Å²) in [5.41, 5.74) is 0.0477. The van der Waals surface area contributed by atoms with E-state index in [0.29, 0.717) is 6.42 Å². The molecule has 1 rings (SSSR count). The number of carbonyl (C=O) groups is 3. The van der Waals surface area contributed by atoms with Gasteiger partial charge in [-0.3, -0.25) is 19.7 Å². The number of nitro groups is 1. The van der Waals surface area contributed by atoms with E-state index >= 15 is 0 Å². The average molecular weight is 395 g/mol. The molecule has 0 unspecified atom stereocenters. The molecule has 28 heavy (non-hydrogen) atoms. The van der Waals surface area contributed by atoms with Crippen molar-refractivity contribution in [1.82, 2.24) is 10.6 Å². The number of nitro benzene ring substituents is 1. The van der Waals surface area contributed by atoms with E-state index in [1.54, 1.807) is 0 Å². The highest BCUT2D eigenvalue weighted by Crippen LogP contribution is 2.25. The van der Waals surface area contributed by atoms with E-state index in [1.165, 1.54) is 32.2 Å². The number of hydrogen-bond acceptors (Lipinski definition) is 6. The van der Waals surface area contributed by atoms with E-state index in [4.69, 9.17) is 4.74 Å². The number of methoxy groups -OCH3 is 1. The predicted molar refractivity (Wildman–Crippen MR) is 100.0 cm³/mol. The molecule has 0 saturated heterocycles. The van der Waals surface area contributed by atoms with Gasteiger partial charge in [0.25, 0.3) is 5.69 Å². The maximum atomic E-state index is 12.5. The number of benzene rings is 1. The fraction of sp³-hybridized carbons (Fsp3) is 0.500. The number of aliphatic carboxylic acids is 1. The zero-order chi connectivity index (χ0) is 21.4. The predicted octanol–water partition coefficient (Wildman–Crippen LogP) is 1.27. The minimum Gasteiger partial charge on any atom is -0.496 e. The van der Waals surface area contributed by atoms with Crippen LogP contribution in [0.25, 0.3) is 0 Å². The van der Waals surface area contributed by atoms with Crippen LogP contribution < -0.4 is 15.4 Å². The monoisotopic (exact) mass is 395 g/mol. The summed E-state index contributed by atoms with van der Waals surface area (Å²) in [5, 5.41) is 25.4. The van der Waals surface area contributed by atoms with Crippen molar-refractivity contribution in [1.29, 1.82) is 0 Å². The molecule has 2 atom stereocenters. The van der Waals surface area contributed by atoms with Crippen LogP contribution in [0.4, 0.5) is 5.69 Å². The topological polar surface area (TPSA) is 148 Å². The molecule has 0 saturated carbocycles. The SMILES string of the molecule is COc1ccc([N+](=O)[O-])cc1C[C@@H](NC(=O)[C@H](CC(C)C)NC(C)=O)C(=O)O. The first kappa shape index (κ1) is 22.9. The van der Waals surface area contributed by atoms with Crippen LogP contribution in [0.5, 0.6) is 5.75 Å². The number of rotatable bonds is 10. The van der Waals surface area contributed by atoms with Crippen molar-refractivity contribution in [3.8, 4) is 5.75 Å². The maximum absolute atomic E-state index is 12.5. The number of hydrogen-bond donors (Lipinski definition) is 3. The third-order valence-corrected chi connectivity index (χ3v) is 3.91. The standard InChI is InChI=1S/C18H25N3O7/c1-10(2)7-14(19-11(3)22)17(23)20-15(18(24)25)9-12-8-13(21(26)27)5-6-16(12)28-4/h5-6,8,10,14-15H,7,9H2,1-4H3,(H,19,22)(H,20,23)(H,24,25)/t14-,15+/m0/s1. The van der Waals surface area contributed by atoms with Crippen molar-refractivity contribution >= 4 is 23.5 Å². The van der Waals surface area contributed by atoms with E-state index in [1.807, 2.05) is 13.8 Å². The van der Waals surface area contributed by atoms with E-state index in [-0.39, 0.29) is 29.3 Å². The molecule has 2 amide bonds. The number of carboxylic acid groups (broad SMARTS) is 1. The van der Waals surface area contributed by atoms with Crippen LogP contribution >= 0.6 is 0 Å². The van der Waals surface area contributed by atoms with Crippen molar-refractivity contribution in [2.24, 2.45) is 5.92 Å². The molecule has 0 bridgehead atoms. The number of nitrogens with zero attached hydrogens (tertiary/aromatic N) is 1. The second-order valence-electron chi connectivity index (χ2n) is 6.74. The highest BCUT2D eigenvalue weighted by molar-refractivity contribution is 5.90. The molecule has 0 fully saturated rings. The summed E-state index contributed by atoms with van der Waals surface area (Å²) in [5.74, 6) is -2.00. The van der Waals surface area contributed by atoms with Crippen LogP contribution in [0.15, 0.2) is 18.2 Å². The Morgan fingerprint density at radius 2 is 1.86 bits per heavy atom. The van der Waals surface area contributed by atoms with Crippen LogP contribution in [0.3, 0.4) is 0 Å². The third kappa shape index (κ3) is 6.86. The van der Waals surface area contributed by atoms with Crippen molar-refractivity contribution in [3.05, 3.63) is 33.9 Å². The van der Waals surface area contributed by atoms with Gasteiger partial charge in [-0.1, -0.05) is 13.8 Å². The van der Waals surface area contributed by atoms with E-state index in [9.17, 15) is 29.6 Å². The summed E-state index contributed by atoms with van der Waals surface area (Å²) in [6, 6.07) is 1.58. The number of ether oxygens (including phenoxy) is 1. The lowest BCUT2D eigenvalue weighted by atomic mass is 10.0. The summed E-state index contributed by atoms with van der Waals surface area (Å²) in [7, 11) is 1.36. The van der Waals surface area contributed by atoms with Gasteiger partial charge in [-0.25, -0.2) is 4.79 Å². The molecule has 0 aliphatic rings. The molecule has 0 aliphatic heterocycles. The van der Waals surface area contributed by atoms with E-state index in [0.717, 1.165) is 0 Å². The normalized spacial score (nSPS) is 12.8. The molecule has 3 N–H and O–H groups in total. The van der Waals surface area contributed by atoms with Crippen molar-refractivity contribution < 1.29 is 29.2 Å². The molecule has 0 heterocycles. The van der Waals surface area contributed by atoms with Crippen LogP contribution in [-0.2, 0) is 20.8 Å². The molecule has 0 spiro atoms. The summed E-state index contributed by atoms with van der Waals surface area (Å²) < 4.78 is 5.13. The fourth-order valence-electron chi connectivity index (χ4n) is 2.68. The second kappa shape index (κ2) is 10.2. The van der Waals surface area contributed by atoms with Gasteiger partial charge in [-0.2, -0.15) is 0 Å². The second-order valence-corrected chi connectivity index (χ2v) is 6.74. The molecule has 10 nitrogen and oxygen atoms in total. The first-order valence-corrected chi connectivity index (χ1v) is 8.66. The Hall–Kier alpha value is -3.17. The molecule has 0 aliphatic carbocycles. The number of amides is 2. The lowest BCUT2D eigenvalue weighted by molar-refractivity contribution is -0.384. The largest absolute Gasteiger partial charge is 0.496 e. The Labute approximate surface area is 162 Å². The zero-order valence-electron chi connectivity index (χ0n) is 16.2. The lowest BCUT2D eigenvalue weighted by Crippen LogP contribution is -2.52. The lowest BCUT2D eigenvalue weighted by Gasteiger charge is -2.22. The fourth-order valence-corrected chi connectivity index (χ4v) is 2.68. The molecular weight excluding hydrogens is 370 g/mol. The Morgan fingerprint density at radius 1 is 1.21 bits per heavy atom. The Balaban J connectivity index is 3.06. The smallest absolute Gasteiger partial charge is 0.326 e. The van der Waals surface area contributed by atoms with Crippen LogP contribution in [-0.4, -0.2) is 47.0 Å². The van der Waals surface area contributed by atoms with Gasteiger partial charge in [0.1, 0.15) is 17.8 Å². The summed E-state index contributed by atoms with van der Waals surface area (Å²) in [6.07, 6.45) is 0.109. The summed E-state index contributed by atoms with van der Waals surface area (Å²) >= 11 is 0. The molecule has 10 heteroatoms. The molecule has 0 radical (unpaired) electrons. The molecule has 1 aromatic rings. The van der Waals surface area contributed by atoms with Crippen LogP contribution in [0, 0.1) is 16.0 Å². The highest BCUT2D eigenvalue weighted by Gasteiger charge is 2.28. The van der Waals surface area contributed by atoms with Gasteiger partial charge < -0.3 is 20.5 Å². The average Bonchev–Trinajstić information content (AvgIpc) is 2.59. The van der Waals surface area contributed by atoms with E-state index in [2.05, 4.69) is 10.6 Å². The minimum atomic E-state index is -1.35. The first-order chi connectivity index (χ1) is 13.0. The zero-order valence-corrected chi connectivity index (χ0v) is 16.2. The van der Waals surface area contributed by atoms with Gasteiger partial charge in [0.15, 0.2) is 0 Å². The number of nitrogens with one attached hydrogen (secondary N) is 2. The molecule has 154 valence electrons. The highest BCUT2D eigenvalue weighted by atomic mass is 16.6. The van der Waals surface area contributed by atoms with Crippen molar-refractivity contribution in [3.63, 3.8) is 0 Å². The van der Waals surface area contributed by atoms with Gasteiger partial charge in [0.2, 0.25) is 11.8 Å². The van der Waals surface area contributed by atoms with Gasteiger partial charge in [-0.15, -0.1) is 0 Å². The number of non-ortho nitro benzene ring substituents is 1. The van der Waals surface area contributed by atoms with E-state index < -0.39 is 34.8 Å². The number of carbonyl (C=O) groups excluding carboxylic acids is 2. The summed E-state index contributed by atoms with van der Waals surface area (Å²) in [4.78, 5) is 45.9. The molecule has 1 aromatic carbocycles. The Kier molecular flexibility index (Phi) is 8.36. The minimum absolute atomic E-state index is 0.0859. The maximum Gasteiger partial charge on any atom is 0.326 e. The van der Waals surface area contributed by atoms with Crippen molar-refractivity contribution in [2.45, 2.75) is 45.7 Å². The Bertz CT molecular complexity index is 749. The summed E-state index contributed by atoms with van der Waals surface area (Å²) in [6.45, 7) is 5.00. The van der Waals surface area contributed by atoms with Gasteiger partial charge in [0, 0.05) is 31.0 Å². The van der Waals surface area contributed by atoms with Gasteiger partial charge in [-0.05, 0) is 18.4 Å². The van der Waals surface area contributed by atoms with Crippen molar-refractivity contribution in [2.75, 3.05) is 7.11 Å². The number of carboxylic acids is 1. The first-order valence-electron chi connectivity index (χ1n) is 8.66. The van der Waals surface area contributed by atoms with Gasteiger partial charge >= 0.3 is 5.97 Å². The quantitative estimate of drug-likeness (QED) is 0.399. The van der Waals surface area contributed by atoms with Crippen LogP contribution in [0.1, 0.15) is 32.8 Å². The third-order valence-electron chi connectivity index (χ3n) is 3.91. The van der Waals surface area contributed by atoms with Crippen LogP contribution in [0.2, 0.25) is 0 Å². The Morgan fingerprint density at radius 3 is 2.32 bits per heavy atom.